The van der Waals surface area contributed by atoms with Crippen LogP contribution < -0.4 is 5.73 Å². The van der Waals surface area contributed by atoms with Gasteiger partial charge in [0.1, 0.15) is 0 Å². The first-order chi connectivity index (χ1) is 13.3. The number of nitrogens with two attached hydrogens (primary N) is 1. The molecule has 1 heterocycles. The topological polar surface area (TPSA) is 120 Å². The molecule has 2 aromatic carbocycles. The van der Waals surface area contributed by atoms with Gasteiger partial charge in [-0.2, -0.15) is 0 Å². The van der Waals surface area contributed by atoms with E-state index < -0.39 is 24.3 Å². The second-order valence-electron chi connectivity index (χ2n) is 5.81. The average molecular weight is 415 g/mol. The zero-order valence-electron chi connectivity index (χ0n) is 14.6. The number of nitrogen functional groups attached to an aromatic ring is 1. The van der Waals surface area contributed by atoms with E-state index in [9.17, 15) is 16.8 Å². The summed E-state index contributed by atoms with van der Waals surface area (Å²) in [6.07, 6.45) is 2.24. The first-order valence-corrected chi connectivity index (χ1v) is 11.2. The van der Waals surface area contributed by atoms with Gasteiger partial charge in [-0.15, -0.1) is 0 Å². The Morgan fingerprint density at radius 1 is 0.786 bits per heavy atom. The molecule has 9 heteroatoms. The number of hydrogen-bond donors (Lipinski definition) is 1. The Labute approximate surface area is 163 Å². The molecule has 0 saturated carbocycles. The molecule has 0 aliphatic heterocycles. The van der Waals surface area contributed by atoms with E-state index in [2.05, 4.69) is 9.98 Å². The molecule has 0 aliphatic carbocycles. The maximum Gasteiger partial charge on any atom is 0.206 e. The zero-order valence-corrected chi connectivity index (χ0v) is 16.2. The highest BCUT2D eigenvalue weighted by Crippen LogP contribution is 2.25. The van der Waals surface area contributed by atoms with E-state index in [1.807, 2.05) is 0 Å². The lowest BCUT2D eigenvalue weighted by Crippen LogP contribution is -2.32. The summed E-state index contributed by atoms with van der Waals surface area (Å²) >= 11 is 0. The maximum absolute atomic E-state index is 13.1. The number of anilines is 1. The number of aromatic nitrogens is 1. The van der Waals surface area contributed by atoms with Gasteiger partial charge in [-0.25, -0.2) is 26.8 Å². The standard InChI is InChI=1S/C19H17N3O4S2/c20-15-11-12-18(21-13-15)22-14-19(27(23,24)16-7-3-1-4-8-16)28(25,26)17-9-5-2-6-10-17/h1-14,19H,20H2. The second kappa shape index (κ2) is 7.91. The third kappa shape index (κ3) is 4.10. The summed E-state index contributed by atoms with van der Waals surface area (Å²) in [5, 5.41) is 0. The molecule has 0 amide bonds. The number of pyridine rings is 1. The molecule has 3 rings (SSSR count). The van der Waals surface area contributed by atoms with Gasteiger partial charge in [0.05, 0.1) is 21.7 Å². The van der Waals surface area contributed by atoms with Crippen molar-refractivity contribution in [1.29, 1.82) is 0 Å². The highest BCUT2D eigenvalue weighted by molar-refractivity contribution is 8.10. The summed E-state index contributed by atoms with van der Waals surface area (Å²) in [6.45, 7) is 0. The Morgan fingerprint density at radius 2 is 1.29 bits per heavy atom. The molecular formula is C19H17N3O4S2. The van der Waals surface area contributed by atoms with Gasteiger partial charge in [0.15, 0.2) is 5.82 Å². The number of benzene rings is 2. The summed E-state index contributed by atoms with van der Waals surface area (Å²) in [5.41, 5.74) is 5.97. The van der Waals surface area contributed by atoms with E-state index in [1.165, 1.54) is 66.9 Å². The Kier molecular flexibility index (Phi) is 5.57. The van der Waals surface area contributed by atoms with Crippen LogP contribution in [0.5, 0.6) is 0 Å². The van der Waals surface area contributed by atoms with Gasteiger partial charge >= 0.3 is 0 Å². The van der Waals surface area contributed by atoms with Crippen molar-refractivity contribution in [2.24, 2.45) is 4.99 Å². The van der Waals surface area contributed by atoms with Crippen LogP contribution in [0.3, 0.4) is 0 Å². The molecule has 0 saturated heterocycles. The highest BCUT2D eigenvalue weighted by Gasteiger charge is 2.38. The largest absolute Gasteiger partial charge is 0.397 e. The molecule has 0 unspecified atom stereocenters. The van der Waals surface area contributed by atoms with Gasteiger partial charge in [-0.05, 0) is 36.4 Å². The fourth-order valence-corrected chi connectivity index (χ4v) is 6.48. The maximum atomic E-state index is 13.1. The summed E-state index contributed by atoms with van der Waals surface area (Å²) < 4.78 is 50.6. The van der Waals surface area contributed by atoms with Crippen molar-refractivity contribution in [3.63, 3.8) is 0 Å². The molecule has 0 spiro atoms. The van der Waals surface area contributed by atoms with Crippen molar-refractivity contribution < 1.29 is 16.8 Å². The Hall–Kier alpha value is -3.04. The third-order valence-corrected chi connectivity index (χ3v) is 8.70. The van der Waals surface area contributed by atoms with Gasteiger partial charge in [0.2, 0.25) is 24.3 Å². The molecular weight excluding hydrogens is 398 g/mol. The normalized spacial score (nSPS) is 12.5. The van der Waals surface area contributed by atoms with E-state index >= 15 is 0 Å². The van der Waals surface area contributed by atoms with E-state index in [4.69, 9.17) is 5.73 Å². The van der Waals surface area contributed by atoms with Crippen LogP contribution in [0.2, 0.25) is 0 Å². The Morgan fingerprint density at radius 3 is 1.71 bits per heavy atom. The first kappa shape index (κ1) is 19.7. The lowest BCUT2D eigenvalue weighted by Gasteiger charge is -2.15. The molecule has 0 aliphatic rings. The van der Waals surface area contributed by atoms with Crippen LogP contribution in [0.4, 0.5) is 11.5 Å². The van der Waals surface area contributed by atoms with Crippen LogP contribution in [-0.4, -0.2) is 32.6 Å². The summed E-state index contributed by atoms with van der Waals surface area (Å²) in [5.74, 6) is 0.144. The minimum absolute atomic E-state index is 0.115. The lowest BCUT2D eigenvalue weighted by molar-refractivity contribution is 0.584. The van der Waals surface area contributed by atoms with Crippen molar-refractivity contribution in [2.75, 3.05) is 5.73 Å². The van der Waals surface area contributed by atoms with Crippen molar-refractivity contribution in [3.05, 3.63) is 79.0 Å². The van der Waals surface area contributed by atoms with Crippen LogP contribution in [0, 0.1) is 0 Å². The summed E-state index contributed by atoms with van der Waals surface area (Å²) in [4.78, 5) is 7.70. The van der Waals surface area contributed by atoms with Crippen molar-refractivity contribution >= 4 is 37.4 Å². The van der Waals surface area contributed by atoms with Crippen LogP contribution in [0.25, 0.3) is 0 Å². The Bertz CT molecular complexity index is 1110. The molecule has 0 radical (unpaired) electrons. The van der Waals surface area contributed by atoms with E-state index in [1.54, 1.807) is 12.1 Å². The quantitative estimate of drug-likeness (QED) is 0.618. The molecule has 0 fully saturated rings. The Balaban J connectivity index is 2.13. The predicted octanol–water partition coefficient (Wildman–Crippen LogP) is 2.64. The monoisotopic (exact) mass is 415 g/mol. The van der Waals surface area contributed by atoms with Crippen LogP contribution in [0.15, 0.2) is 93.8 Å². The molecule has 28 heavy (non-hydrogen) atoms. The molecule has 0 atom stereocenters. The fraction of sp³-hybridized carbons (Fsp3) is 0.0526. The van der Waals surface area contributed by atoms with Gasteiger partial charge in [0.25, 0.3) is 0 Å². The lowest BCUT2D eigenvalue weighted by atomic mass is 10.4. The van der Waals surface area contributed by atoms with Crippen molar-refractivity contribution in [3.8, 4) is 0 Å². The van der Waals surface area contributed by atoms with Gasteiger partial charge in [0, 0.05) is 6.21 Å². The predicted molar refractivity (Wildman–Crippen MR) is 108 cm³/mol. The van der Waals surface area contributed by atoms with Gasteiger partial charge in [-0.3, -0.25) is 0 Å². The van der Waals surface area contributed by atoms with Gasteiger partial charge < -0.3 is 5.73 Å². The number of rotatable bonds is 6. The van der Waals surface area contributed by atoms with Crippen molar-refractivity contribution in [2.45, 2.75) is 14.4 Å². The van der Waals surface area contributed by atoms with Crippen LogP contribution in [-0.2, 0) is 19.7 Å². The average Bonchev–Trinajstić information content (AvgIpc) is 2.70. The third-order valence-electron chi connectivity index (χ3n) is 3.85. The van der Waals surface area contributed by atoms with E-state index in [0.717, 1.165) is 6.21 Å². The molecule has 144 valence electrons. The molecule has 0 bridgehead atoms. The highest BCUT2D eigenvalue weighted by atomic mass is 32.3. The summed E-state index contributed by atoms with van der Waals surface area (Å²) in [7, 11) is -8.55. The van der Waals surface area contributed by atoms with Crippen molar-refractivity contribution in [1.82, 2.24) is 4.98 Å². The molecule has 3 aromatic rings. The fourth-order valence-electron chi connectivity index (χ4n) is 2.43. The summed E-state index contributed by atoms with van der Waals surface area (Å²) in [6, 6.07) is 17.8. The zero-order chi connectivity index (χ0) is 20.2. The van der Waals surface area contributed by atoms with Crippen LogP contribution in [0.1, 0.15) is 0 Å². The number of aliphatic imine (C=N–C) groups is 1. The first-order valence-electron chi connectivity index (χ1n) is 8.15. The van der Waals surface area contributed by atoms with E-state index in [0.29, 0.717) is 5.69 Å². The minimum Gasteiger partial charge on any atom is -0.397 e. The number of hydrogen-bond acceptors (Lipinski definition) is 7. The molecule has 7 nitrogen and oxygen atoms in total. The number of nitrogens with zero attached hydrogens (tertiary/aromatic N) is 2. The van der Waals surface area contributed by atoms with E-state index in [-0.39, 0.29) is 15.6 Å². The minimum atomic E-state index is -4.27. The van der Waals surface area contributed by atoms with Gasteiger partial charge in [-0.1, -0.05) is 36.4 Å². The molecule has 1 aromatic heterocycles. The SMILES string of the molecule is Nc1ccc(N=CC(S(=O)(=O)c2ccccc2)S(=O)(=O)c2ccccc2)nc1. The van der Waals surface area contributed by atoms with Crippen LogP contribution >= 0.6 is 0 Å². The second-order valence-corrected chi connectivity index (χ2v) is 10.2. The smallest absolute Gasteiger partial charge is 0.206 e. The molecule has 2 N–H and O–H groups in total. The number of sulfone groups is 2.